The third kappa shape index (κ3) is 4.07. The Bertz CT molecular complexity index is 1190. The second-order valence-corrected chi connectivity index (χ2v) is 8.42. The molecular weight excluding hydrogens is 433 g/mol. The van der Waals surface area contributed by atoms with Crippen LogP contribution in [0.15, 0.2) is 66.4 Å². The predicted octanol–water partition coefficient (Wildman–Crippen LogP) is 6.00. The average Bonchev–Trinajstić information content (AvgIpc) is 3.09. The lowest BCUT2D eigenvalue weighted by molar-refractivity contribution is 0.0950. The molecule has 2 aliphatic heterocycles. The van der Waals surface area contributed by atoms with Crippen LogP contribution in [0, 0.1) is 0 Å². The topological polar surface area (TPSA) is 38.8 Å². The van der Waals surface area contributed by atoms with E-state index in [1.807, 2.05) is 48.5 Å². The van der Waals surface area contributed by atoms with Gasteiger partial charge < -0.3 is 9.47 Å². The van der Waals surface area contributed by atoms with Gasteiger partial charge in [-0.2, -0.15) is 0 Å². The number of rotatable bonds is 4. The van der Waals surface area contributed by atoms with Gasteiger partial charge in [0.15, 0.2) is 5.76 Å². The van der Waals surface area contributed by atoms with Crippen LogP contribution >= 0.6 is 23.2 Å². The minimum Gasteiger partial charge on any atom is -0.478 e. The normalized spacial score (nSPS) is 16.6. The van der Waals surface area contributed by atoms with E-state index in [9.17, 15) is 4.79 Å². The summed E-state index contributed by atoms with van der Waals surface area (Å²) in [6.07, 6.45) is 2.54. The second kappa shape index (κ2) is 8.39. The molecule has 0 N–H and O–H groups in total. The number of Topliss-reactive ketones (excluding diaryl/α,β-unsaturated/α-hetero) is 1. The van der Waals surface area contributed by atoms with Crippen LogP contribution in [0.4, 0.5) is 0 Å². The second-order valence-electron chi connectivity index (χ2n) is 7.58. The number of benzene rings is 3. The first-order valence-electron chi connectivity index (χ1n) is 10.0. The maximum atomic E-state index is 12.9. The monoisotopic (exact) mass is 451 g/mol. The fourth-order valence-electron chi connectivity index (χ4n) is 3.85. The lowest BCUT2D eigenvalue weighted by Gasteiger charge is -2.29. The average molecular weight is 452 g/mol. The molecule has 0 amide bonds. The minimum absolute atomic E-state index is 0.105. The highest BCUT2D eigenvalue weighted by Crippen LogP contribution is 2.42. The number of hydrogen-bond donors (Lipinski definition) is 0. The number of carbonyl (C=O) groups excluding carboxylic acids is 1. The summed E-state index contributed by atoms with van der Waals surface area (Å²) >= 11 is 12.3. The largest absolute Gasteiger partial charge is 0.478 e. The highest BCUT2D eigenvalue weighted by atomic mass is 35.5. The van der Waals surface area contributed by atoms with E-state index in [0.717, 1.165) is 35.4 Å². The van der Waals surface area contributed by atoms with Gasteiger partial charge in [-0.15, -0.1) is 0 Å². The summed E-state index contributed by atoms with van der Waals surface area (Å²) < 4.78 is 12.0. The van der Waals surface area contributed by atoms with Crippen LogP contribution in [-0.2, 0) is 13.0 Å². The Balaban J connectivity index is 1.36. The molecule has 0 saturated heterocycles. The van der Waals surface area contributed by atoms with E-state index in [2.05, 4.69) is 4.90 Å². The fraction of sp³-hybridized carbons (Fsp3) is 0.160. The van der Waals surface area contributed by atoms with Gasteiger partial charge in [-0.25, -0.2) is 0 Å². The van der Waals surface area contributed by atoms with Crippen molar-refractivity contribution in [2.24, 2.45) is 0 Å². The number of allylic oxidation sites excluding steroid dienone is 1. The molecule has 3 aromatic rings. The van der Waals surface area contributed by atoms with Crippen LogP contribution in [0.2, 0.25) is 10.0 Å². The van der Waals surface area contributed by atoms with Crippen molar-refractivity contribution in [3.63, 3.8) is 0 Å². The summed E-state index contributed by atoms with van der Waals surface area (Å²) in [5.74, 6) is 1.58. The van der Waals surface area contributed by atoms with Crippen LogP contribution < -0.4 is 9.47 Å². The first-order chi connectivity index (χ1) is 15.1. The molecular formula is C25H19Cl2NO3. The van der Waals surface area contributed by atoms with E-state index in [0.29, 0.717) is 40.4 Å². The third-order valence-corrected chi connectivity index (χ3v) is 6.08. The van der Waals surface area contributed by atoms with Crippen molar-refractivity contribution in [2.75, 3.05) is 13.3 Å². The summed E-state index contributed by atoms with van der Waals surface area (Å²) in [6.45, 7) is 1.86. The molecule has 156 valence electrons. The van der Waals surface area contributed by atoms with E-state index in [1.54, 1.807) is 18.2 Å². The maximum Gasteiger partial charge on any atom is 0.231 e. The molecule has 0 radical (unpaired) electrons. The molecule has 0 unspecified atom stereocenters. The van der Waals surface area contributed by atoms with Gasteiger partial charge in [-0.3, -0.25) is 9.69 Å². The zero-order valence-electron chi connectivity index (χ0n) is 16.6. The molecule has 5 rings (SSSR count). The molecule has 0 aliphatic carbocycles. The Morgan fingerprint density at radius 2 is 1.87 bits per heavy atom. The van der Waals surface area contributed by atoms with Crippen molar-refractivity contribution in [3.05, 3.63) is 98.7 Å². The van der Waals surface area contributed by atoms with E-state index in [1.165, 1.54) is 0 Å². The lowest BCUT2D eigenvalue weighted by Crippen LogP contribution is -2.33. The molecule has 0 aromatic heterocycles. The van der Waals surface area contributed by atoms with E-state index < -0.39 is 0 Å². The highest BCUT2D eigenvalue weighted by molar-refractivity contribution is 6.35. The summed E-state index contributed by atoms with van der Waals surface area (Å²) in [5, 5.41) is 1.29. The van der Waals surface area contributed by atoms with Gasteiger partial charge in [0.1, 0.15) is 18.2 Å². The molecule has 0 saturated carbocycles. The molecule has 0 spiro atoms. The number of fused-ring (bicyclic) bond motifs is 3. The van der Waals surface area contributed by atoms with Crippen LogP contribution in [-0.4, -0.2) is 24.0 Å². The Morgan fingerprint density at radius 3 is 2.68 bits per heavy atom. The van der Waals surface area contributed by atoms with Gasteiger partial charge in [-0.05, 0) is 47.9 Å². The molecule has 2 heterocycles. The number of ether oxygens (including phenoxy) is 2. The minimum atomic E-state index is -0.105. The fourth-order valence-corrected chi connectivity index (χ4v) is 4.35. The third-order valence-electron chi connectivity index (χ3n) is 5.49. The van der Waals surface area contributed by atoms with Crippen LogP contribution in [0.25, 0.3) is 6.08 Å². The highest BCUT2D eigenvalue weighted by Gasteiger charge is 2.33. The quantitative estimate of drug-likeness (QED) is 0.455. The van der Waals surface area contributed by atoms with Gasteiger partial charge in [0.2, 0.25) is 5.78 Å². The van der Waals surface area contributed by atoms with Crippen LogP contribution in [0.5, 0.6) is 11.5 Å². The Hall–Kier alpha value is -2.79. The van der Waals surface area contributed by atoms with Crippen molar-refractivity contribution in [2.45, 2.75) is 13.0 Å². The molecule has 2 aliphatic rings. The molecule has 0 fully saturated rings. The first-order valence-corrected chi connectivity index (χ1v) is 10.8. The Labute approximate surface area is 190 Å². The molecule has 6 heteroatoms. The van der Waals surface area contributed by atoms with Crippen LogP contribution in [0.3, 0.4) is 0 Å². The molecule has 3 aromatic carbocycles. The maximum absolute atomic E-state index is 12.9. The predicted molar refractivity (Wildman–Crippen MR) is 122 cm³/mol. The van der Waals surface area contributed by atoms with Gasteiger partial charge >= 0.3 is 0 Å². The van der Waals surface area contributed by atoms with Gasteiger partial charge in [0.25, 0.3) is 0 Å². The Kier molecular flexibility index (Phi) is 5.45. The molecule has 0 bridgehead atoms. The Morgan fingerprint density at radius 1 is 1.03 bits per heavy atom. The standard InChI is InChI=1S/C25H19Cl2NO3/c26-18-7-6-17(21(27)13-18)10-11-28-14-20-22(30-15-28)9-8-19-24(29)23(31-25(19)20)12-16-4-2-1-3-5-16/h1-9,12-13H,10-11,14-15H2/b23-12-. The number of halogens is 2. The smallest absolute Gasteiger partial charge is 0.231 e. The van der Waals surface area contributed by atoms with E-state index in [4.69, 9.17) is 32.7 Å². The van der Waals surface area contributed by atoms with E-state index >= 15 is 0 Å². The summed E-state index contributed by atoms with van der Waals surface area (Å²) in [7, 11) is 0. The SMILES string of the molecule is O=C1/C(=C/c2ccccc2)Oc2c1ccc1c2CN(CCc2ccc(Cl)cc2Cl)CO1. The molecule has 0 atom stereocenters. The van der Waals surface area contributed by atoms with Gasteiger partial charge in [0.05, 0.1) is 11.1 Å². The molecule has 4 nitrogen and oxygen atoms in total. The van der Waals surface area contributed by atoms with Crippen molar-refractivity contribution >= 4 is 35.1 Å². The van der Waals surface area contributed by atoms with Crippen molar-refractivity contribution in [1.29, 1.82) is 0 Å². The van der Waals surface area contributed by atoms with Crippen molar-refractivity contribution in [1.82, 2.24) is 4.90 Å². The first kappa shape index (κ1) is 20.1. The van der Waals surface area contributed by atoms with Gasteiger partial charge in [0, 0.05) is 23.1 Å². The lowest BCUT2D eigenvalue weighted by atomic mass is 10.0. The number of ketones is 1. The zero-order chi connectivity index (χ0) is 21.4. The molecule has 31 heavy (non-hydrogen) atoms. The number of carbonyl (C=O) groups is 1. The summed E-state index contributed by atoms with van der Waals surface area (Å²) in [4.78, 5) is 15.0. The van der Waals surface area contributed by atoms with Crippen molar-refractivity contribution < 1.29 is 14.3 Å². The zero-order valence-corrected chi connectivity index (χ0v) is 18.1. The van der Waals surface area contributed by atoms with E-state index in [-0.39, 0.29) is 5.78 Å². The summed E-state index contributed by atoms with van der Waals surface area (Å²) in [5.41, 5.74) is 3.43. The number of hydrogen-bond acceptors (Lipinski definition) is 4. The van der Waals surface area contributed by atoms with Crippen LogP contribution in [0.1, 0.15) is 27.0 Å². The number of nitrogens with zero attached hydrogens (tertiary/aromatic N) is 1. The van der Waals surface area contributed by atoms with Gasteiger partial charge in [-0.1, -0.05) is 59.6 Å². The van der Waals surface area contributed by atoms with Crippen molar-refractivity contribution in [3.8, 4) is 11.5 Å². The summed E-state index contributed by atoms with van der Waals surface area (Å²) in [6, 6.07) is 18.9.